The summed E-state index contributed by atoms with van der Waals surface area (Å²) in [6.07, 6.45) is -0.249. The first-order chi connectivity index (χ1) is 11.5. The zero-order valence-corrected chi connectivity index (χ0v) is 13.5. The van der Waals surface area contributed by atoms with E-state index in [0.717, 1.165) is 0 Å². The Bertz CT molecular complexity index is 749. The molecule has 0 atom stereocenters. The maximum Gasteiger partial charge on any atom is 0.513 e. The minimum atomic E-state index is -0.868. The highest BCUT2D eigenvalue weighted by Gasteiger charge is 2.19. The first-order valence-corrected chi connectivity index (χ1v) is 7.55. The van der Waals surface area contributed by atoms with Crippen LogP contribution in [-0.2, 0) is 4.74 Å². The normalized spacial score (nSPS) is 10.3. The molecular formula is C19H18O5. The summed E-state index contributed by atoms with van der Waals surface area (Å²) in [6, 6.07) is 12.8. The van der Waals surface area contributed by atoms with Gasteiger partial charge in [-0.25, -0.2) is 4.79 Å². The van der Waals surface area contributed by atoms with Crippen LogP contribution >= 0.6 is 0 Å². The fraction of sp³-hybridized carbons (Fsp3) is 0.211. The van der Waals surface area contributed by atoms with Crippen molar-refractivity contribution < 1.29 is 23.9 Å². The molecule has 124 valence electrons. The number of carbonyl (C=O) groups excluding carboxylic acids is 3. The van der Waals surface area contributed by atoms with E-state index in [1.807, 2.05) is 13.8 Å². The lowest BCUT2D eigenvalue weighted by Crippen LogP contribution is -2.16. The first kappa shape index (κ1) is 17.4. The van der Waals surface area contributed by atoms with E-state index in [2.05, 4.69) is 0 Å². The van der Waals surface area contributed by atoms with Crippen molar-refractivity contribution in [3.05, 3.63) is 65.2 Å². The van der Waals surface area contributed by atoms with Crippen LogP contribution in [0.3, 0.4) is 0 Å². The Morgan fingerprint density at radius 1 is 1.00 bits per heavy atom. The van der Waals surface area contributed by atoms with Crippen LogP contribution in [0, 0.1) is 5.92 Å². The molecule has 0 spiro atoms. The number of para-hydroxylation sites is 1. The largest absolute Gasteiger partial charge is 0.513 e. The van der Waals surface area contributed by atoms with E-state index in [-0.39, 0.29) is 35.0 Å². The molecule has 2 aromatic carbocycles. The van der Waals surface area contributed by atoms with Crippen LogP contribution < -0.4 is 4.74 Å². The topological polar surface area (TPSA) is 69.7 Å². The molecule has 0 aliphatic rings. The van der Waals surface area contributed by atoms with Gasteiger partial charge < -0.3 is 9.47 Å². The minimum Gasteiger partial charge on any atom is -0.434 e. The molecule has 0 bridgehead atoms. The van der Waals surface area contributed by atoms with E-state index in [0.29, 0.717) is 6.29 Å². The Kier molecular flexibility index (Phi) is 5.84. The molecule has 0 fully saturated rings. The summed E-state index contributed by atoms with van der Waals surface area (Å²) in [4.78, 5) is 35.6. The van der Waals surface area contributed by atoms with Gasteiger partial charge in [-0.3, -0.25) is 9.59 Å². The van der Waals surface area contributed by atoms with Gasteiger partial charge in [0.15, 0.2) is 12.1 Å². The van der Waals surface area contributed by atoms with Gasteiger partial charge in [-0.1, -0.05) is 50.2 Å². The second-order valence-corrected chi connectivity index (χ2v) is 5.59. The predicted octanol–water partition coefficient (Wildman–Crippen LogP) is 3.90. The summed E-state index contributed by atoms with van der Waals surface area (Å²) in [5.41, 5.74) is 0.715. The quantitative estimate of drug-likeness (QED) is 0.348. The number of aldehydes is 1. The van der Waals surface area contributed by atoms with Crippen LogP contribution in [0.2, 0.25) is 0 Å². The SMILES string of the molecule is CC(C)COC(=O)Oc1ccccc1C(=O)c1ccccc1C=O. The summed E-state index contributed by atoms with van der Waals surface area (Å²) in [7, 11) is 0. The number of hydrogen-bond acceptors (Lipinski definition) is 5. The highest BCUT2D eigenvalue weighted by Crippen LogP contribution is 2.23. The van der Waals surface area contributed by atoms with Crippen molar-refractivity contribution in [1.82, 2.24) is 0 Å². The number of hydrogen-bond donors (Lipinski definition) is 0. The van der Waals surface area contributed by atoms with Crippen molar-refractivity contribution in [1.29, 1.82) is 0 Å². The highest BCUT2D eigenvalue weighted by molar-refractivity contribution is 6.14. The molecule has 0 unspecified atom stereocenters. The van der Waals surface area contributed by atoms with Gasteiger partial charge in [0.1, 0.15) is 5.75 Å². The van der Waals surface area contributed by atoms with E-state index in [4.69, 9.17) is 9.47 Å². The van der Waals surface area contributed by atoms with Gasteiger partial charge in [-0.15, -0.1) is 0 Å². The Balaban J connectivity index is 2.26. The molecule has 0 heterocycles. The van der Waals surface area contributed by atoms with Crippen molar-refractivity contribution in [2.24, 2.45) is 5.92 Å². The van der Waals surface area contributed by atoms with Crippen molar-refractivity contribution in [3.63, 3.8) is 0 Å². The van der Waals surface area contributed by atoms with Gasteiger partial charge >= 0.3 is 6.16 Å². The maximum atomic E-state index is 12.7. The first-order valence-electron chi connectivity index (χ1n) is 7.55. The molecule has 5 nitrogen and oxygen atoms in total. The van der Waals surface area contributed by atoms with Crippen LogP contribution in [0.4, 0.5) is 4.79 Å². The Morgan fingerprint density at radius 2 is 1.62 bits per heavy atom. The molecule has 0 amide bonds. The third-order valence-corrected chi connectivity index (χ3v) is 3.19. The molecule has 0 aromatic heterocycles. The Hall–Kier alpha value is -2.95. The van der Waals surface area contributed by atoms with Crippen LogP contribution in [-0.4, -0.2) is 24.8 Å². The lowest BCUT2D eigenvalue weighted by molar-refractivity contribution is 0.0877. The average molecular weight is 326 g/mol. The summed E-state index contributed by atoms with van der Waals surface area (Å²) in [6.45, 7) is 4.03. The third kappa shape index (κ3) is 4.29. The fourth-order valence-corrected chi connectivity index (χ4v) is 2.05. The van der Waals surface area contributed by atoms with E-state index in [9.17, 15) is 14.4 Å². The zero-order valence-electron chi connectivity index (χ0n) is 13.5. The van der Waals surface area contributed by atoms with E-state index in [1.165, 1.54) is 12.1 Å². The molecule has 0 aliphatic heterocycles. The number of rotatable bonds is 6. The molecule has 0 aliphatic carbocycles. The molecule has 5 heteroatoms. The standard InChI is InChI=1S/C19H18O5/c1-13(2)12-23-19(22)24-17-10-6-5-9-16(17)18(21)15-8-4-3-7-14(15)11-20/h3-11,13H,12H2,1-2H3. The summed E-state index contributed by atoms with van der Waals surface area (Å²) < 4.78 is 10.1. The third-order valence-electron chi connectivity index (χ3n) is 3.19. The predicted molar refractivity (Wildman–Crippen MR) is 88.5 cm³/mol. The lowest BCUT2D eigenvalue weighted by Gasteiger charge is -2.11. The number of benzene rings is 2. The van der Waals surface area contributed by atoms with Crippen molar-refractivity contribution in [3.8, 4) is 5.75 Å². The smallest absolute Gasteiger partial charge is 0.434 e. The lowest BCUT2D eigenvalue weighted by atomic mass is 9.98. The zero-order chi connectivity index (χ0) is 17.5. The minimum absolute atomic E-state index is 0.0944. The summed E-state index contributed by atoms with van der Waals surface area (Å²) >= 11 is 0. The van der Waals surface area contributed by atoms with Crippen molar-refractivity contribution in [2.75, 3.05) is 6.61 Å². The number of ketones is 1. The summed E-state index contributed by atoms with van der Waals surface area (Å²) in [5, 5.41) is 0. The number of carbonyl (C=O) groups is 3. The van der Waals surface area contributed by atoms with Crippen molar-refractivity contribution >= 4 is 18.2 Å². The van der Waals surface area contributed by atoms with Gasteiger partial charge in [0.25, 0.3) is 0 Å². The van der Waals surface area contributed by atoms with E-state index in [1.54, 1.807) is 36.4 Å². The average Bonchev–Trinajstić information content (AvgIpc) is 2.60. The van der Waals surface area contributed by atoms with Crippen LogP contribution in [0.15, 0.2) is 48.5 Å². The maximum absolute atomic E-state index is 12.7. The van der Waals surface area contributed by atoms with Gasteiger partial charge in [0.2, 0.25) is 0 Å². The van der Waals surface area contributed by atoms with Gasteiger partial charge in [0, 0.05) is 11.1 Å². The highest BCUT2D eigenvalue weighted by atomic mass is 16.7. The van der Waals surface area contributed by atoms with Gasteiger partial charge in [-0.05, 0) is 18.1 Å². The van der Waals surface area contributed by atoms with Crippen molar-refractivity contribution in [2.45, 2.75) is 13.8 Å². The van der Waals surface area contributed by atoms with Gasteiger partial charge in [0.05, 0.1) is 12.2 Å². The number of ether oxygens (including phenoxy) is 2. The Morgan fingerprint density at radius 3 is 2.29 bits per heavy atom. The molecule has 2 aromatic rings. The van der Waals surface area contributed by atoms with E-state index >= 15 is 0 Å². The molecule has 24 heavy (non-hydrogen) atoms. The molecule has 0 radical (unpaired) electrons. The Labute approximate surface area is 140 Å². The fourth-order valence-electron chi connectivity index (χ4n) is 2.05. The van der Waals surface area contributed by atoms with E-state index < -0.39 is 11.9 Å². The second kappa shape index (κ2) is 8.06. The second-order valence-electron chi connectivity index (χ2n) is 5.59. The molecule has 0 N–H and O–H groups in total. The van der Waals surface area contributed by atoms with Crippen LogP contribution in [0.5, 0.6) is 5.75 Å². The molecule has 0 saturated heterocycles. The summed E-state index contributed by atoms with van der Waals surface area (Å²) in [5.74, 6) is -0.129. The van der Waals surface area contributed by atoms with Gasteiger partial charge in [-0.2, -0.15) is 0 Å². The molecule has 0 saturated carbocycles. The molecule has 2 rings (SSSR count). The molecular weight excluding hydrogens is 308 g/mol. The monoisotopic (exact) mass is 326 g/mol. The van der Waals surface area contributed by atoms with Crippen LogP contribution in [0.1, 0.15) is 40.1 Å². The van der Waals surface area contributed by atoms with Crippen LogP contribution in [0.25, 0.3) is 0 Å².